The summed E-state index contributed by atoms with van der Waals surface area (Å²) in [5.41, 5.74) is 9.21. The maximum atomic E-state index is 13.3. The third kappa shape index (κ3) is 2.91. The Morgan fingerprint density at radius 1 is 1.19 bits per heavy atom. The Kier molecular flexibility index (Phi) is 3.39. The monoisotopic (exact) mass is 282 g/mol. The summed E-state index contributed by atoms with van der Waals surface area (Å²) in [4.78, 5) is 4.28. The van der Waals surface area contributed by atoms with E-state index in [0.717, 1.165) is 16.7 Å². The van der Waals surface area contributed by atoms with Gasteiger partial charge in [0.2, 0.25) is 0 Å². The molecule has 2 N–H and O–H groups in total. The summed E-state index contributed by atoms with van der Waals surface area (Å²) < 4.78 is 15.0. The number of nitrogens with two attached hydrogens (primary N) is 1. The first-order valence-electron chi connectivity index (χ1n) is 6.62. The summed E-state index contributed by atoms with van der Waals surface area (Å²) in [5, 5.41) is 4.42. The number of nitrogen functional groups attached to an aromatic ring is 1. The fourth-order valence-corrected chi connectivity index (χ4v) is 2.17. The highest BCUT2D eigenvalue weighted by atomic mass is 19.1. The van der Waals surface area contributed by atoms with Gasteiger partial charge in [0.05, 0.1) is 6.54 Å². The SMILES string of the molecule is Cc1ccc(F)cc1Cn1cnc(-c2cccc(N)c2)n1. The van der Waals surface area contributed by atoms with Crippen molar-refractivity contribution in [2.24, 2.45) is 0 Å². The van der Waals surface area contributed by atoms with E-state index in [1.54, 1.807) is 17.1 Å². The van der Waals surface area contributed by atoms with E-state index in [0.29, 0.717) is 18.1 Å². The van der Waals surface area contributed by atoms with Gasteiger partial charge in [0.1, 0.15) is 12.1 Å². The largest absolute Gasteiger partial charge is 0.399 e. The van der Waals surface area contributed by atoms with Gasteiger partial charge in [0.15, 0.2) is 5.82 Å². The predicted molar refractivity (Wildman–Crippen MR) is 80.1 cm³/mol. The number of aromatic nitrogens is 3. The number of hydrogen-bond acceptors (Lipinski definition) is 3. The fourth-order valence-electron chi connectivity index (χ4n) is 2.17. The minimum absolute atomic E-state index is 0.244. The molecule has 0 bridgehead atoms. The fraction of sp³-hybridized carbons (Fsp3) is 0.125. The average molecular weight is 282 g/mol. The van der Waals surface area contributed by atoms with E-state index < -0.39 is 0 Å². The van der Waals surface area contributed by atoms with Crippen LogP contribution in [-0.2, 0) is 6.54 Å². The summed E-state index contributed by atoms with van der Waals surface area (Å²) in [6.45, 7) is 2.43. The zero-order chi connectivity index (χ0) is 14.8. The molecule has 3 rings (SSSR count). The summed E-state index contributed by atoms with van der Waals surface area (Å²) in [7, 11) is 0. The Bertz CT molecular complexity index is 779. The third-order valence-electron chi connectivity index (χ3n) is 3.32. The summed E-state index contributed by atoms with van der Waals surface area (Å²) >= 11 is 0. The number of anilines is 1. The lowest BCUT2D eigenvalue weighted by molar-refractivity contribution is 0.618. The maximum Gasteiger partial charge on any atom is 0.181 e. The Hall–Kier alpha value is -2.69. The van der Waals surface area contributed by atoms with Crippen LogP contribution in [0.25, 0.3) is 11.4 Å². The predicted octanol–water partition coefficient (Wildman–Crippen LogP) is 3.02. The molecule has 0 aliphatic heterocycles. The number of benzene rings is 2. The zero-order valence-electron chi connectivity index (χ0n) is 11.6. The van der Waals surface area contributed by atoms with Gasteiger partial charge in [-0.25, -0.2) is 14.1 Å². The van der Waals surface area contributed by atoms with Gasteiger partial charge in [-0.3, -0.25) is 0 Å². The zero-order valence-corrected chi connectivity index (χ0v) is 11.6. The van der Waals surface area contributed by atoms with Gasteiger partial charge in [-0.2, -0.15) is 5.10 Å². The highest BCUT2D eigenvalue weighted by Crippen LogP contribution is 2.18. The van der Waals surface area contributed by atoms with Crippen LogP contribution in [0.15, 0.2) is 48.8 Å². The highest BCUT2D eigenvalue weighted by Gasteiger charge is 2.07. The van der Waals surface area contributed by atoms with Crippen LogP contribution in [0.1, 0.15) is 11.1 Å². The van der Waals surface area contributed by atoms with Crippen LogP contribution in [-0.4, -0.2) is 14.8 Å². The van der Waals surface area contributed by atoms with E-state index in [-0.39, 0.29) is 5.82 Å². The molecular formula is C16H15FN4. The smallest absolute Gasteiger partial charge is 0.181 e. The van der Waals surface area contributed by atoms with Crippen molar-refractivity contribution in [3.8, 4) is 11.4 Å². The molecule has 0 atom stereocenters. The molecule has 0 fully saturated rings. The summed E-state index contributed by atoms with van der Waals surface area (Å²) in [6.07, 6.45) is 1.64. The molecule has 0 radical (unpaired) electrons. The first-order valence-corrected chi connectivity index (χ1v) is 6.62. The van der Waals surface area contributed by atoms with E-state index >= 15 is 0 Å². The van der Waals surface area contributed by atoms with E-state index in [1.165, 1.54) is 12.1 Å². The minimum atomic E-state index is -0.244. The van der Waals surface area contributed by atoms with Gasteiger partial charge in [0, 0.05) is 11.3 Å². The van der Waals surface area contributed by atoms with Crippen LogP contribution in [0.4, 0.5) is 10.1 Å². The molecule has 0 amide bonds. The lowest BCUT2D eigenvalue weighted by atomic mass is 10.1. The second-order valence-corrected chi connectivity index (χ2v) is 4.96. The summed E-state index contributed by atoms with van der Waals surface area (Å²) in [5.74, 6) is 0.364. The molecule has 0 saturated carbocycles. The molecule has 1 heterocycles. The van der Waals surface area contributed by atoms with E-state index in [4.69, 9.17) is 5.73 Å². The number of nitrogens with zero attached hydrogens (tertiary/aromatic N) is 3. The average Bonchev–Trinajstić information content (AvgIpc) is 2.91. The normalized spacial score (nSPS) is 10.8. The second kappa shape index (κ2) is 5.36. The van der Waals surface area contributed by atoms with Gasteiger partial charge in [-0.05, 0) is 42.3 Å². The van der Waals surface area contributed by atoms with E-state index in [2.05, 4.69) is 10.1 Å². The minimum Gasteiger partial charge on any atom is -0.399 e. The first-order chi connectivity index (χ1) is 10.1. The molecule has 1 aromatic heterocycles. The Morgan fingerprint density at radius 3 is 2.86 bits per heavy atom. The number of halogens is 1. The van der Waals surface area contributed by atoms with Crippen LogP contribution >= 0.6 is 0 Å². The van der Waals surface area contributed by atoms with Crippen LogP contribution < -0.4 is 5.73 Å². The van der Waals surface area contributed by atoms with Crippen LogP contribution in [0.5, 0.6) is 0 Å². The Labute approximate surface area is 122 Å². The lowest BCUT2D eigenvalue weighted by Crippen LogP contribution is -2.02. The number of rotatable bonds is 3. The molecule has 2 aromatic carbocycles. The van der Waals surface area contributed by atoms with Crippen LogP contribution in [0.2, 0.25) is 0 Å². The third-order valence-corrected chi connectivity index (χ3v) is 3.32. The van der Waals surface area contributed by atoms with Crippen molar-refractivity contribution >= 4 is 5.69 Å². The van der Waals surface area contributed by atoms with Crippen LogP contribution in [0.3, 0.4) is 0 Å². The van der Waals surface area contributed by atoms with Crippen molar-refractivity contribution in [2.45, 2.75) is 13.5 Å². The van der Waals surface area contributed by atoms with Gasteiger partial charge < -0.3 is 5.73 Å². The first kappa shape index (κ1) is 13.3. The van der Waals surface area contributed by atoms with Crippen molar-refractivity contribution in [3.05, 3.63) is 65.7 Å². The molecule has 5 heteroatoms. The van der Waals surface area contributed by atoms with Gasteiger partial charge in [-0.1, -0.05) is 18.2 Å². The molecule has 106 valence electrons. The van der Waals surface area contributed by atoms with E-state index in [1.807, 2.05) is 31.2 Å². The van der Waals surface area contributed by atoms with Crippen molar-refractivity contribution in [2.75, 3.05) is 5.73 Å². The molecule has 4 nitrogen and oxygen atoms in total. The molecule has 0 unspecified atom stereocenters. The number of hydrogen-bond donors (Lipinski definition) is 1. The molecule has 0 aliphatic rings. The van der Waals surface area contributed by atoms with Crippen LogP contribution in [0, 0.1) is 12.7 Å². The van der Waals surface area contributed by atoms with Crippen molar-refractivity contribution in [1.82, 2.24) is 14.8 Å². The van der Waals surface area contributed by atoms with E-state index in [9.17, 15) is 4.39 Å². The number of aryl methyl sites for hydroxylation is 1. The van der Waals surface area contributed by atoms with Gasteiger partial charge in [-0.15, -0.1) is 0 Å². The lowest BCUT2D eigenvalue weighted by Gasteiger charge is -2.05. The molecular weight excluding hydrogens is 267 g/mol. The molecule has 0 saturated heterocycles. The highest BCUT2D eigenvalue weighted by molar-refractivity contribution is 5.60. The standard InChI is InChI=1S/C16H15FN4/c1-11-5-6-14(17)7-13(11)9-21-10-19-16(20-21)12-3-2-4-15(18)8-12/h2-8,10H,9,18H2,1H3. The van der Waals surface area contributed by atoms with Gasteiger partial charge in [0.25, 0.3) is 0 Å². The molecule has 0 aliphatic carbocycles. The van der Waals surface area contributed by atoms with Crippen molar-refractivity contribution in [3.63, 3.8) is 0 Å². The maximum absolute atomic E-state index is 13.3. The molecule has 3 aromatic rings. The molecule has 21 heavy (non-hydrogen) atoms. The van der Waals surface area contributed by atoms with Crippen molar-refractivity contribution in [1.29, 1.82) is 0 Å². The Morgan fingerprint density at radius 2 is 2.05 bits per heavy atom. The summed E-state index contributed by atoms with van der Waals surface area (Å²) in [6, 6.07) is 12.2. The quantitative estimate of drug-likeness (QED) is 0.751. The Balaban J connectivity index is 1.87. The van der Waals surface area contributed by atoms with Gasteiger partial charge >= 0.3 is 0 Å². The van der Waals surface area contributed by atoms with Crippen molar-refractivity contribution < 1.29 is 4.39 Å². The molecule has 0 spiro atoms. The topological polar surface area (TPSA) is 56.7 Å². The second-order valence-electron chi connectivity index (χ2n) is 4.96.